The molecule has 0 spiro atoms. The summed E-state index contributed by atoms with van der Waals surface area (Å²) < 4.78 is 34.9. The van der Waals surface area contributed by atoms with Gasteiger partial charge in [0.2, 0.25) is 0 Å². The Hall–Kier alpha value is -1.84. The summed E-state index contributed by atoms with van der Waals surface area (Å²) in [6.45, 7) is 2.26. The van der Waals surface area contributed by atoms with Gasteiger partial charge in [-0.1, -0.05) is 11.6 Å². The highest BCUT2D eigenvalue weighted by molar-refractivity contribution is 6.30. The van der Waals surface area contributed by atoms with Gasteiger partial charge in [0.25, 0.3) is 0 Å². The lowest BCUT2D eigenvalue weighted by Gasteiger charge is -2.47. The first-order chi connectivity index (χ1) is 15.3. The highest BCUT2D eigenvalue weighted by atomic mass is 35.5. The second-order valence-electron chi connectivity index (χ2n) is 9.67. The van der Waals surface area contributed by atoms with Gasteiger partial charge in [0, 0.05) is 31.2 Å². The van der Waals surface area contributed by atoms with E-state index in [2.05, 4.69) is 44.2 Å². The van der Waals surface area contributed by atoms with Crippen LogP contribution in [0.15, 0.2) is 6.20 Å². The molecule has 0 unspecified atom stereocenters. The zero-order valence-corrected chi connectivity index (χ0v) is 19.3. The molecule has 5 rings (SSSR count). The Morgan fingerprint density at radius 3 is 2.81 bits per heavy atom. The van der Waals surface area contributed by atoms with E-state index >= 15 is 0 Å². The summed E-state index contributed by atoms with van der Waals surface area (Å²) in [6, 6.07) is 0.0669. The summed E-state index contributed by atoms with van der Waals surface area (Å²) in [5.74, 6) is -0.229. The van der Waals surface area contributed by atoms with Gasteiger partial charge in [0.1, 0.15) is 24.1 Å². The smallest absolute Gasteiger partial charge is 0.319 e. The number of likely N-dealkylation sites (N-methyl/N-ethyl adjacent to an activating group) is 1. The second-order valence-corrected chi connectivity index (χ2v) is 10.0. The molecule has 10 heteroatoms. The molecule has 3 fully saturated rings. The Kier molecular flexibility index (Phi) is 5.62. The van der Waals surface area contributed by atoms with Crippen molar-refractivity contribution < 1.29 is 13.5 Å². The van der Waals surface area contributed by atoms with Crippen molar-refractivity contribution in [3.05, 3.63) is 17.2 Å². The molecule has 7 nitrogen and oxygen atoms in total. The monoisotopic (exact) mass is 466 g/mol. The first-order valence-electron chi connectivity index (χ1n) is 11.3. The Morgan fingerprint density at radius 1 is 1.28 bits per heavy atom. The first-order valence-corrected chi connectivity index (χ1v) is 11.6. The van der Waals surface area contributed by atoms with Crippen LogP contribution in [0.2, 0.25) is 5.15 Å². The van der Waals surface area contributed by atoms with Gasteiger partial charge in [-0.3, -0.25) is 4.90 Å². The van der Waals surface area contributed by atoms with Gasteiger partial charge < -0.3 is 15.0 Å². The summed E-state index contributed by atoms with van der Waals surface area (Å²) in [5, 5.41) is 3.60. The number of pyridine rings is 1. The lowest BCUT2D eigenvalue weighted by Crippen LogP contribution is -2.54. The third-order valence-electron chi connectivity index (χ3n) is 7.67. The van der Waals surface area contributed by atoms with Crippen molar-refractivity contribution in [2.75, 3.05) is 45.7 Å². The highest BCUT2D eigenvalue weighted by Gasteiger charge is 2.49. The molecule has 3 aliphatic rings. The predicted molar refractivity (Wildman–Crippen MR) is 120 cm³/mol. The lowest BCUT2D eigenvalue weighted by molar-refractivity contribution is 0.0738. The van der Waals surface area contributed by atoms with Crippen molar-refractivity contribution in [3.8, 4) is 6.01 Å². The number of fused-ring (bicyclic) bond motifs is 2. The molecule has 1 saturated carbocycles. The molecular weight excluding hydrogens is 438 g/mol. The van der Waals surface area contributed by atoms with Crippen LogP contribution < -0.4 is 10.1 Å². The molecule has 2 aliphatic heterocycles. The van der Waals surface area contributed by atoms with Crippen LogP contribution in [0.3, 0.4) is 0 Å². The number of aromatic nitrogens is 3. The molecule has 32 heavy (non-hydrogen) atoms. The van der Waals surface area contributed by atoms with E-state index in [9.17, 15) is 8.78 Å². The van der Waals surface area contributed by atoms with Crippen LogP contribution in [-0.2, 0) is 0 Å². The molecule has 0 bridgehead atoms. The average Bonchev–Trinajstić information content (AvgIpc) is 3.24. The maximum Gasteiger partial charge on any atom is 0.319 e. The van der Waals surface area contributed by atoms with E-state index in [1.54, 1.807) is 0 Å². The number of rotatable bonds is 7. The van der Waals surface area contributed by atoms with E-state index in [1.807, 2.05) is 0 Å². The van der Waals surface area contributed by atoms with E-state index in [0.29, 0.717) is 30.7 Å². The summed E-state index contributed by atoms with van der Waals surface area (Å²) in [6.07, 6.45) is 6.32. The normalized spacial score (nSPS) is 27.0. The fourth-order valence-electron chi connectivity index (χ4n) is 5.48. The van der Waals surface area contributed by atoms with Gasteiger partial charge in [-0.05, 0) is 52.7 Å². The molecule has 2 aromatic heterocycles. The van der Waals surface area contributed by atoms with Crippen molar-refractivity contribution in [2.24, 2.45) is 0 Å². The molecule has 1 N–H and O–H groups in total. The lowest BCUT2D eigenvalue weighted by atomic mass is 9.75. The zero-order valence-electron chi connectivity index (χ0n) is 18.5. The molecule has 0 aromatic carbocycles. The third kappa shape index (κ3) is 3.68. The topological polar surface area (TPSA) is 66.4 Å². The number of nitrogens with one attached hydrogen (secondary N) is 1. The number of hydrogen-bond acceptors (Lipinski definition) is 7. The van der Waals surface area contributed by atoms with E-state index < -0.39 is 12.0 Å². The molecule has 174 valence electrons. The van der Waals surface area contributed by atoms with Gasteiger partial charge >= 0.3 is 6.01 Å². The zero-order chi connectivity index (χ0) is 22.5. The molecule has 4 heterocycles. The molecule has 2 saturated heterocycles. The van der Waals surface area contributed by atoms with Crippen LogP contribution in [0.1, 0.15) is 38.5 Å². The summed E-state index contributed by atoms with van der Waals surface area (Å²) in [5.41, 5.74) is -0.221. The number of nitrogens with zero attached hydrogens (tertiary/aromatic N) is 5. The second kappa shape index (κ2) is 8.18. The Labute approximate surface area is 191 Å². The third-order valence-corrected chi connectivity index (χ3v) is 7.93. The number of halogens is 3. The van der Waals surface area contributed by atoms with Crippen LogP contribution in [-0.4, -0.2) is 82.3 Å². The summed E-state index contributed by atoms with van der Waals surface area (Å²) >= 11 is 5.92. The van der Waals surface area contributed by atoms with Crippen molar-refractivity contribution in [1.29, 1.82) is 0 Å². The van der Waals surface area contributed by atoms with Gasteiger partial charge in [0.15, 0.2) is 11.0 Å². The Balaban J connectivity index is 1.43. The SMILES string of the molecule is CN(C)C1(CNc2nc(OC[C@@]34CCCN3C[C@H](F)C4)nc3c(F)c(Cl)ncc23)CCC1. The molecule has 0 amide bonds. The number of ether oxygens (including phenoxy) is 1. The predicted octanol–water partition coefficient (Wildman–Crippen LogP) is 3.67. The van der Waals surface area contributed by atoms with Crippen molar-refractivity contribution >= 4 is 28.3 Å². The summed E-state index contributed by atoms with van der Waals surface area (Å²) in [4.78, 5) is 17.2. The minimum absolute atomic E-state index is 0.0417. The standard InChI is InChI=1S/C22H29ClF2N6O/c1-30(2)21(5-3-6-21)12-27-19-15-10-26-18(23)16(25)17(15)28-20(29-19)32-13-22-7-4-8-31(22)11-14(24)9-22/h10,14H,3-9,11-13H2,1-2H3,(H,27,28,29)/t14-,22+/m1/s1. The largest absolute Gasteiger partial charge is 0.461 e. The van der Waals surface area contributed by atoms with E-state index in [1.165, 1.54) is 12.6 Å². The van der Waals surface area contributed by atoms with Gasteiger partial charge in [0.05, 0.1) is 10.9 Å². The number of hydrogen-bond donors (Lipinski definition) is 1. The highest BCUT2D eigenvalue weighted by Crippen LogP contribution is 2.41. The molecular formula is C22H29ClF2N6O. The van der Waals surface area contributed by atoms with E-state index in [0.717, 1.165) is 32.2 Å². The van der Waals surface area contributed by atoms with Crippen LogP contribution >= 0.6 is 11.6 Å². The van der Waals surface area contributed by atoms with Crippen LogP contribution in [0.4, 0.5) is 14.6 Å². The maximum atomic E-state index is 14.8. The fraction of sp³-hybridized carbons (Fsp3) is 0.682. The minimum atomic E-state index is -0.847. The Morgan fingerprint density at radius 2 is 2.09 bits per heavy atom. The quantitative estimate of drug-likeness (QED) is 0.624. The van der Waals surface area contributed by atoms with Gasteiger partial charge in [-0.25, -0.2) is 13.8 Å². The Bertz CT molecular complexity index is 1020. The minimum Gasteiger partial charge on any atom is -0.461 e. The van der Waals surface area contributed by atoms with Crippen molar-refractivity contribution in [2.45, 2.75) is 55.8 Å². The van der Waals surface area contributed by atoms with E-state index in [-0.39, 0.29) is 34.4 Å². The fourth-order valence-corrected chi connectivity index (χ4v) is 5.61. The van der Waals surface area contributed by atoms with Crippen LogP contribution in [0.25, 0.3) is 10.9 Å². The van der Waals surface area contributed by atoms with Crippen LogP contribution in [0, 0.1) is 5.82 Å². The van der Waals surface area contributed by atoms with E-state index in [4.69, 9.17) is 16.3 Å². The van der Waals surface area contributed by atoms with Crippen molar-refractivity contribution in [1.82, 2.24) is 24.8 Å². The number of anilines is 1. The van der Waals surface area contributed by atoms with Gasteiger partial charge in [-0.2, -0.15) is 9.97 Å². The van der Waals surface area contributed by atoms with Crippen LogP contribution in [0.5, 0.6) is 6.01 Å². The number of alkyl halides is 1. The molecule has 2 atom stereocenters. The molecule has 2 aromatic rings. The average molecular weight is 467 g/mol. The maximum absolute atomic E-state index is 14.8. The van der Waals surface area contributed by atoms with Crippen molar-refractivity contribution in [3.63, 3.8) is 0 Å². The first kappa shape index (κ1) is 22.0. The van der Waals surface area contributed by atoms with Gasteiger partial charge in [-0.15, -0.1) is 0 Å². The molecule has 0 radical (unpaired) electrons. The summed E-state index contributed by atoms with van der Waals surface area (Å²) in [7, 11) is 4.14. The molecule has 1 aliphatic carbocycles.